The zero-order valence-electron chi connectivity index (χ0n) is 10.7. The predicted octanol–water partition coefficient (Wildman–Crippen LogP) is 2.71. The molecule has 0 aliphatic carbocycles. The lowest BCUT2D eigenvalue weighted by molar-refractivity contribution is -0.0955. The predicted molar refractivity (Wildman–Crippen MR) is 66.6 cm³/mol. The van der Waals surface area contributed by atoms with Crippen LogP contribution in [-0.2, 0) is 11.2 Å². The number of ether oxygens (including phenoxy) is 1. The molecule has 90 valence electrons. The Kier molecular flexibility index (Phi) is 4.51. The van der Waals surface area contributed by atoms with Gasteiger partial charge in [-0.1, -0.05) is 29.8 Å². The summed E-state index contributed by atoms with van der Waals surface area (Å²) in [6.45, 7) is 8.48. The highest BCUT2D eigenvalue weighted by Crippen LogP contribution is 2.19. The molecule has 0 saturated carbocycles. The third-order valence-electron chi connectivity index (χ3n) is 2.83. The second kappa shape index (κ2) is 5.46. The molecule has 2 heteroatoms. The molecule has 0 spiro atoms. The van der Waals surface area contributed by atoms with E-state index in [4.69, 9.17) is 4.74 Å². The number of hydrogen-bond donors (Lipinski definition) is 1. The molecule has 0 bridgehead atoms. The highest BCUT2D eigenvalue weighted by atomic mass is 16.5. The van der Waals surface area contributed by atoms with Crippen molar-refractivity contribution in [2.24, 2.45) is 0 Å². The van der Waals surface area contributed by atoms with Gasteiger partial charge in [0.15, 0.2) is 0 Å². The van der Waals surface area contributed by atoms with Crippen molar-refractivity contribution in [3.05, 3.63) is 35.4 Å². The SMILES string of the molecule is CCOC(C)(C)C(O)Cc1cccc(C)c1. The van der Waals surface area contributed by atoms with E-state index >= 15 is 0 Å². The molecular weight excluding hydrogens is 200 g/mol. The minimum absolute atomic E-state index is 0.478. The lowest BCUT2D eigenvalue weighted by atomic mass is 9.94. The number of benzene rings is 1. The maximum Gasteiger partial charge on any atom is 0.0887 e. The first-order chi connectivity index (χ1) is 7.45. The fraction of sp³-hybridized carbons (Fsp3) is 0.571. The van der Waals surface area contributed by atoms with Crippen molar-refractivity contribution in [2.75, 3.05) is 6.61 Å². The Morgan fingerprint density at radius 2 is 2.06 bits per heavy atom. The van der Waals surface area contributed by atoms with Crippen LogP contribution < -0.4 is 0 Å². The van der Waals surface area contributed by atoms with Crippen molar-refractivity contribution >= 4 is 0 Å². The van der Waals surface area contributed by atoms with E-state index in [0.29, 0.717) is 13.0 Å². The summed E-state index contributed by atoms with van der Waals surface area (Å²) in [5.74, 6) is 0. The van der Waals surface area contributed by atoms with Crippen LogP contribution in [0, 0.1) is 6.92 Å². The highest BCUT2D eigenvalue weighted by Gasteiger charge is 2.28. The van der Waals surface area contributed by atoms with Crippen molar-refractivity contribution in [3.63, 3.8) is 0 Å². The van der Waals surface area contributed by atoms with E-state index < -0.39 is 11.7 Å². The minimum atomic E-state index is -0.488. The van der Waals surface area contributed by atoms with Gasteiger partial charge in [0.05, 0.1) is 11.7 Å². The van der Waals surface area contributed by atoms with Crippen molar-refractivity contribution in [2.45, 2.75) is 45.8 Å². The van der Waals surface area contributed by atoms with Gasteiger partial charge in [0.2, 0.25) is 0 Å². The molecule has 2 nitrogen and oxygen atoms in total. The quantitative estimate of drug-likeness (QED) is 0.830. The average molecular weight is 222 g/mol. The monoisotopic (exact) mass is 222 g/mol. The second-order valence-corrected chi connectivity index (χ2v) is 4.75. The summed E-state index contributed by atoms with van der Waals surface area (Å²) < 4.78 is 5.54. The molecule has 0 radical (unpaired) electrons. The van der Waals surface area contributed by atoms with Crippen LogP contribution in [0.4, 0.5) is 0 Å². The molecule has 0 aromatic heterocycles. The van der Waals surface area contributed by atoms with E-state index in [0.717, 1.165) is 5.56 Å². The van der Waals surface area contributed by atoms with E-state index in [1.807, 2.05) is 32.9 Å². The Bertz CT molecular complexity index is 331. The van der Waals surface area contributed by atoms with Gasteiger partial charge in [0, 0.05) is 13.0 Å². The Morgan fingerprint density at radius 3 is 2.62 bits per heavy atom. The van der Waals surface area contributed by atoms with Gasteiger partial charge >= 0.3 is 0 Å². The maximum atomic E-state index is 10.1. The van der Waals surface area contributed by atoms with Crippen molar-refractivity contribution < 1.29 is 9.84 Å². The molecule has 1 aromatic rings. The number of aliphatic hydroxyl groups excluding tert-OH is 1. The molecule has 1 aromatic carbocycles. The molecule has 1 atom stereocenters. The molecule has 0 fully saturated rings. The van der Waals surface area contributed by atoms with Gasteiger partial charge in [-0.3, -0.25) is 0 Å². The van der Waals surface area contributed by atoms with E-state index in [1.54, 1.807) is 0 Å². The molecule has 0 saturated heterocycles. The highest BCUT2D eigenvalue weighted by molar-refractivity contribution is 5.23. The average Bonchev–Trinajstić information content (AvgIpc) is 2.17. The molecule has 0 aliphatic rings. The van der Waals surface area contributed by atoms with E-state index in [2.05, 4.69) is 19.1 Å². The number of rotatable bonds is 5. The Labute approximate surface area is 98.3 Å². The fourth-order valence-corrected chi connectivity index (χ4v) is 1.78. The zero-order valence-corrected chi connectivity index (χ0v) is 10.7. The number of aryl methyl sites for hydroxylation is 1. The van der Waals surface area contributed by atoms with E-state index in [1.165, 1.54) is 5.56 Å². The summed E-state index contributed by atoms with van der Waals surface area (Å²) in [5, 5.41) is 10.1. The largest absolute Gasteiger partial charge is 0.390 e. The third kappa shape index (κ3) is 3.62. The summed E-state index contributed by atoms with van der Waals surface area (Å²) in [5.41, 5.74) is 1.89. The topological polar surface area (TPSA) is 29.5 Å². The summed E-state index contributed by atoms with van der Waals surface area (Å²) in [7, 11) is 0. The van der Waals surface area contributed by atoms with Crippen LogP contribution in [0.3, 0.4) is 0 Å². The van der Waals surface area contributed by atoms with Crippen LogP contribution in [0.25, 0.3) is 0 Å². The smallest absolute Gasteiger partial charge is 0.0887 e. The minimum Gasteiger partial charge on any atom is -0.390 e. The van der Waals surface area contributed by atoms with E-state index in [9.17, 15) is 5.11 Å². The lowest BCUT2D eigenvalue weighted by Crippen LogP contribution is -2.40. The van der Waals surface area contributed by atoms with Gasteiger partial charge in [-0.2, -0.15) is 0 Å². The summed E-state index contributed by atoms with van der Waals surface area (Å²) in [4.78, 5) is 0. The summed E-state index contributed by atoms with van der Waals surface area (Å²) in [6, 6.07) is 8.22. The molecule has 0 aliphatic heterocycles. The molecule has 16 heavy (non-hydrogen) atoms. The maximum absolute atomic E-state index is 10.1. The Hall–Kier alpha value is -0.860. The van der Waals surface area contributed by atoms with E-state index in [-0.39, 0.29) is 0 Å². The first kappa shape index (κ1) is 13.2. The van der Waals surface area contributed by atoms with Gasteiger partial charge < -0.3 is 9.84 Å². The lowest BCUT2D eigenvalue weighted by Gasteiger charge is -2.30. The number of aliphatic hydroxyl groups is 1. The standard InChI is InChI=1S/C14H22O2/c1-5-16-14(3,4)13(15)10-12-8-6-7-11(2)9-12/h6-9,13,15H,5,10H2,1-4H3. The second-order valence-electron chi connectivity index (χ2n) is 4.75. The van der Waals surface area contributed by atoms with Crippen LogP contribution in [-0.4, -0.2) is 23.4 Å². The normalized spacial score (nSPS) is 13.8. The van der Waals surface area contributed by atoms with Gasteiger partial charge in [0.25, 0.3) is 0 Å². The van der Waals surface area contributed by atoms with Crippen molar-refractivity contribution in [3.8, 4) is 0 Å². The molecule has 1 unspecified atom stereocenters. The first-order valence-corrected chi connectivity index (χ1v) is 5.83. The van der Waals surface area contributed by atoms with Gasteiger partial charge in [-0.05, 0) is 33.3 Å². The van der Waals surface area contributed by atoms with Crippen LogP contribution in [0.5, 0.6) is 0 Å². The van der Waals surface area contributed by atoms with Gasteiger partial charge in [-0.15, -0.1) is 0 Å². The Balaban J connectivity index is 2.67. The van der Waals surface area contributed by atoms with Crippen molar-refractivity contribution in [1.82, 2.24) is 0 Å². The van der Waals surface area contributed by atoms with Gasteiger partial charge in [0.1, 0.15) is 0 Å². The fourth-order valence-electron chi connectivity index (χ4n) is 1.78. The van der Waals surface area contributed by atoms with Crippen LogP contribution in [0.2, 0.25) is 0 Å². The summed E-state index contributed by atoms with van der Waals surface area (Å²) >= 11 is 0. The summed E-state index contributed by atoms with van der Waals surface area (Å²) in [6.07, 6.45) is 0.156. The Morgan fingerprint density at radius 1 is 1.38 bits per heavy atom. The zero-order chi connectivity index (χ0) is 12.2. The van der Waals surface area contributed by atoms with Crippen LogP contribution in [0.15, 0.2) is 24.3 Å². The molecular formula is C14H22O2. The van der Waals surface area contributed by atoms with Crippen molar-refractivity contribution in [1.29, 1.82) is 0 Å². The number of hydrogen-bond acceptors (Lipinski definition) is 2. The molecule has 0 amide bonds. The van der Waals surface area contributed by atoms with Gasteiger partial charge in [-0.25, -0.2) is 0 Å². The van der Waals surface area contributed by atoms with Crippen LogP contribution in [0.1, 0.15) is 31.9 Å². The first-order valence-electron chi connectivity index (χ1n) is 5.83. The molecule has 1 N–H and O–H groups in total. The van der Waals surface area contributed by atoms with Crippen LogP contribution >= 0.6 is 0 Å². The third-order valence-corrected chi connectivity index (χ3v) is 2.83. The molecule has 1 rings (SSSR count). The molecule has 0 heterocycles.